The Labute approximate surface area is 167 Å². The van der Waals surface area contributed by atoms with Gasteiger partial charge in [0.05, 0.1) is 28.6 Å². The summed E-state index contributed by atoms with van der Waals surface area (Å²) < 4.78 is 13.3. The third-order valence-electron chi connectivity index (χ3n) is 4.53. The lowest BCUT2D eigenvalue weighted by atomic mass is 10.2. The molecule has 29 heavy (non-hydrogen) atoms. The molecular weight excluding hydrogens is 392 g/mol. The first kappa shape index (κ1) is 17.4. The number of fused-ring (bicyclic) bond motifs is 1. The van der Waals surface area contributed by atoms with E-state index in [4.69, 9.17) is 8.94 Å². The van der Waals surface area contributed by atoms with Crippen molar-refractivity contribution < 1.29 is 8.94 Å². The largest absolute Gasteiger partial charge is 0.467 e. The Morgan fingerprint density at radius 2 is 1.86 bits per heavy atom. The van der Waals surface area contributed by atoms with Crippen molar-refractivity contribution in [2.75, 3.05) is 0 Å². The van der Waals surface area contributed by atoms with E-state index < -0.39 is 5.69 Å². The van der Waals surface area contributed by atoms with E-state index >= 15 is 0 Å². The summed E-state index contributed by atoms with van der Waals surface area (Å²) in [6.07, 6.45) is 1.50. The van der Waals surface area contributed by atoms with Crippen molar-refractivity contribution in [1.82, 2.24) is 19.3 Å². The van der Waals surface area contributed by atoms with Gasteiger partial charge in [0.25, 0.3) is 5.56 Å². The second kappa shape index (κ2) is 7.02. The molecule has 0 aliphatic carbocycles. The van der Waals surface area contributed by atoms with Gasteiger partial charge >= 0.3 is 5.69 Å². The van der Waals surface area contributed by atoms with Gasteiger partial charge in [-0.05, 0) is 35.7 Å². The molecule has 0 unspecified atom stereocenters. The van der Waals surface area contributed by atoms with Crippen LogP contribution in [0.2, 0.25) is 0 Å². The minimum atomic E-state index is -0.471. The van der Waals surface area contributed by atoms with Crippen LogP contribution in [0, 0.1) is 0 Å². The van der Waals surface area contributed by atoms with Crippen molar-refractivity contribution in [2.24, 2.45) is 0 Å². The van der Waals surface area contributed by atoms with E-state index in [-0.39, 0.29) is 24.5 Å². The third kappa shape index (κ3) is 3.11. The molecule has 0 saturated carbocycles. The molecule has 144 valence electrons. The molecule has 0 spiro atoms. The number of thiophene rings is 1. The highest BCUT2D eigenvalue weighted by molar-refractivity contribution is 7.13. The predicted molar refractivity (Wildman–Crippen MR) is 107 cm³/mol. The lowest BCUT2D eigenvalue weighted by molar-refractivity contribution is 0.369. The van der Waals surface area contributed by atoms with Gasteiger partial charge in [-0.2, -0.15) is 4.98 Å². The first-order chi connectivity index (χ1) is 14.2. The molecule has 4 aromatic heterocycles. The second-order valence-corrected chi connectivity index (χ2v) is 7.29. The SMILES string of the molecule is O=c1c2ccccc2n(Cc2nc(-c3cccs3)no2)c(=O)n1Cc1ccco1. The Hall–Kier alpha value is -3.72. The summed E-state index contributed by atoms with van der Waals surface area (Å²) in [5, 5.41) is 6.34. The minimum absolute atomic E-state index is 0.0414. The molecule has 9 heteroatoms. The van der Waals surface area contributed by atoms with Gasteiger partial charge in [0.1, 0.15) is 12.3 Å². The average Bonchev–Trinajstić information content (AvgIpc) is 3.51. The van der Waals surface area contributed by atoms with Crippen LogP contribution >= 0.6 is 11.3 Å². The molecule has 0 saturated heterocycles. The molecule has 4 heterocycles. The van der Waals surface area contributed by atoms with E-state index in [0.717, 1.165) is 9.44 Å². The van der Waals surface area contributed by atoms with Crippen LogP contribution in [0.15, 0.2) is 78.7 Å². The fraction of sp³-hybridized carbons (Fsp3) is 0.100. The summed E-state index contributed by atoms with van der Waals surface area (Å²) in [4.78, 5) is 31.3. The van der Waals surface area contributed by atoms with Gasteiger partial charge in [-0.15, -0.1) is 11.3 Å². The predicted octanol–water partition coefficient (Wildman–Crippen LogP) is 2.96. The zero-order chi connectivity index (χ0) is 19.8. The van der Waals surface area contributed by atoms with Gasteiger partial charge < -0.3 is 8.94 Å². The van der Waals surface area contributed by atoms with E-state index in [2.05, 4.69) is 10.1 Å². The smallest absolute Gasteiger partial charge is 0.332 e. The van der Waals surface area contributed by atoms with Crippen LogP contribution in [0.5, 0.6) is 0 Å². The third-order valence-corrected chi connectivity index (χ3v) is 5.40. The van der Waals surface area contributed by atoms with Crippen molar-refractivity contribution in [3.63, 3.8) is 0 Å². The van der Waals surface area contributed by atoms with Crippen molar-refractivity contribution in [2.45, 2.75) is 13.1 Å². The monoisotopic (exact) mass is 406 g/mol. The topological polar surface area (TPSA) is 96.1 Å². The van der Waals surface area contributed by atoms with E-state index in [1.54, 1.807) is 36.4 Å². The van der Waals surface area contributed by atoms with E-state index in [1.807, 2.05) is 17.5 Å². The first-order valence-electron chi connectivity index (χ1n) is 8.82. The molecule has 0 bridgehead atoms. The Morgan fingerprint density at radius 1 is 0.966 bits per heavy atom. The summed E-state index contributed by atoms with van der Waals surface area (Å²) in [5.41, 5.74) is -0.335. The molecule has 0 amide bonds. The normalized spacial score (nSPS) is 11.3. The molecule has 5 rings (SSSR count). The highest BCUT2D eigenvalue weighted by Gasteiger charge is 2.17. The van der Waals surface area contributed by atoms with Crippen LogP contribution in [0.4, 0.5) is 0 Å². The Kier molecular flexibility index (Phi) is 4.21. The number of nitrogens with zero attached hydrogens (tertiary/aromatic N) is 4. The quantitative estimate of drug-likeness (QED) is 0.445. The number of hydrogen-bond acceptors (Lipinski definition) is 7. The molecule has 8 nitrogen and oxygen atoms in total. The van der Waals surface area contributed by atoms with Crippen molar-refractivity contribution in [3.8, 4) is 10.7 Å². The standard InChI is InChI=1S/C20H14N4O4S/c25-19-14-6-1-2-7-15(14)23(20(26)24(19)11-13-5-3-9-27-13)12-17-21-18(22-28-17)16-8-4-10-29-16/h1-10H,11-12H2. The lowest BCUT2D eigenvalue weighted by Crippen LogP contribution is -2.40. The molecule has 0 atom stereocenters. The van der Waals surface area contributed by atoms with Crippen LogP contribution in [-0.2, 0) is 13.1 Å². The van der Waals surface area contributed by atoms with Crippen LogP contribution in [0.25, 0.3) is 21.6 Å². The Balaban J connectivity index is 1.63. The van der Waals surface area contributed by atoms with E-state index in [1.165, 1.54) is 22.2 Å². The van der Waals surface area contributed by atoms with Gasteiger partial charge in [-0.3, -0.25) is 13.9 Å². The highest BCUT2D eigenvalue weighted by Crippen LogP contribution is 2.21. The number of aromatic nitrogens is 4. The molecule has 0 aliphatic rings. The average molecular weight is 406 g/mol. The summed E-state index contributed by atoms with van der Waals surface area (Å²) in [6.45, 7) is 0.0932. The second-order valence-electron chi connectivity index (χ2n) is 6.35. The highest BCUT2D eigenvalue weighted by atomic mass is 32.1. The van der Waals surface area contributed by atoms with Crippen molar-refractivity contribution in [1.29, 1.82) is 0 Å². The summed E-state index contributed by atoms with van der Waals surface area (Å²) in [5.74, 6) is 1.27. The fourth-order valence-corrected chi connectivity index (χ4v) is 3.83. The minimum Gasteiger partial charge on any atom is -0.467 e. The van der Waals surface area contributed by atoms with Crippen LogP contribution < -0.4 is 11.2 Å². The maximum absolute atomic E-state index is 13.2. The number of hydrogen-bond donors (Lipinski definition) is 0. The molecule has 1 aromatic carbocycles. The van der Waals surface area contributed by atoms with Gasteiger partial charge in [0, 0.05) is 0 Å². The van der Waals surface area contributed by atoms with Crippen LogP contribution in [0.3, 0.4) is 0 Å². The molecule has 0 aliphatic heterocycles. The summed E-state index contributed by atoms with van der Waals surface area (Å²) in [6, 6.07) is 14.2. The van der Waals surface area contributed by atoms with Gasteiger partial charge in [-0.25, -0.2) is 4.79 Å². The molecule has 0 fully saturated rings. The van der Waals surface area contributed by atoms with Crippen LogP contribution in [0.1, 0.15) is 11.7 Å². The van der Waals surface area contributed by atoms with Crippen molar-refractivity contribution >= 4 is 22.2 Å². The molecular formula is C20H14N4O4S. The number of benzene rings is 1. The zero-order valence-corrected chi connectivity index (χ0v) is 15.8. The Bertz CT molecular complexity index is 1390. The zero-order valence-electron chi connectivity index (χ0n) is 15.0. The van der Waals surface area contributed by atoms with Crippen molar-refractivity contribution in [3.05, 3.63) is 92.7 Å². The first-order valence-corrected chi connectivity index (χ1v) is 9.70. The molecule has 5 aromatic rings. The summed E-state index contributed by atoms with van der Waals surface area (Å²) >= 11 is 1.50. The number of furan rings is 1. The number of rotatable bonds is 5. The van der Waals surface area contributed by atoms with Gasteiger partial charge in [-0.1, -0.05) is 23.4 Å². The maximum atomic E-state index is 13.2. The van der Waals surface area contributed by atoms with E-state index in [0.29, 0.717) is 22.5 Å². The fourth-order valence-electron chi connectivity index (χ4n) is 3.18. The molecule has 0 radical (unpaired) electrons. The van der Waals surface area contributed by atoms with Gasteiger partial charge in [0.15, 0.2) is 0 Å². The number of para-hydroxylation sites is 1. The van der Waals surface area contributed by atoms with Gasteiger partial charge in [0.2, 0.25) is 11.7 Å². The van der Waals surface area contributed by atoms with E-state index in [9.17, 15) is 9.59 Å². The van der Waals surface area contributed by atoms with Crippen LogP contribution in [-0.4, -0.2) is 19.3 Å². The maximum Gasteiger partial charge on any atom is 0.332 e. The molecule has 0 N–H and O–H groups in total. The summed E-state index contributed by atoms with van der Waals surface area (Å²) in [7, 11) is 0. The Morgan fingerprint density at radius 3 is 2.66 bits per heavy atom. The lowest BCUT2D eigenvalue weighted by Gasteiger charge is -2.12.